The van der Waals surface area contributed by atoms with Crippen molar-refractivity contribution in [2.24, 2.45) is 0 Å². The van der Waals surface area contributed by atoms with Crippen LogP contribution in [-0.2, 0) is 14.3 Å². The van der Waals surface area contributed by atoms with Crippen LogP contribution in [0.15, 0.2) is 42.5 Å². The summed E-state index contributed by atoms with van der Waals surface area (Å²) in [7, 11) is 0. The number of nitriles is 1. The van der Waals surface area contributed by atoms with E-state index in [0.29, 0.717) is 5.02 Å². The average molecular weight is 402 g/mol. The number of ether oxygens (including phenoxy) is 1. The number of aliphatic hydroxyl groups is 1. The van der Waals surface area contributed by atoms with E-state index in [-0.39, 0.29) is 31.0 Å². The number of hydrogen-bond acceptors (Lipinski definition) is 5. The van der Waals surface area contributed by atoms with E-state index in [1.807, 2.05) is 37.3 Å². The van der Waals surface area contributed by atoms with Crippen molar-refractivity contribution in [3.8, 4) is 6.07 Å². The minimum atomic E-state index is -0.927. The number of benzene rings is 2. The van der Waals surface area contributed by atoms with E-state index in [9.17, 15) is 9.59 Å². The SMILES string of the molecule is Cc1ccc(C(CNC(=O)C(=O)Nc2cc(Cl)ccc2C#N)OCCO)cc1. The number of aryl methyl sites for hydroxylation is 1. The fourth-order valence-corrected chi connectivity index (χ4v) is 2.58. The third-order valence-corrected chi connectivity index (χ3v) is 4.10. The molecule has 0 spiro atoms. The second-order valence-electron chi connectivity index (χ2n) is 5.96. The molecule has 1 unspecified atom stereocenters. The van der Waals surface area contributed by atoms with Gasteiger partial charge in [0, 0.05) is 11.6 Å². The Morgan fingerprint density at radius 3 is 2.57 bits per heavy atom. The van der Waals surface area contributed by atoms with Gasteiger partial charge in [-0.1, -0.05) is 41.4 Å². The molecule has 0 saturated heterocycles. The van der Waals surface area contributed by atoms with Gasteiger partial charge < -0.3 is 20.5 Å². The summed E-state index contributed by atoms with van der Waals surface area (Å²) in [6.45, 7) is 1.91. The van der Waals surface area contributed by atoms with E-state index in [1.54, 1.807) is 0 Å². The van der Waals surface area contributed by atoms with Crippen LogP contribution in [0.4, 0.5) is 5.69 Å². The number of hydrogen-bond donors (Lipinski definition) is 3. The van der Waals surface area contributed by atoms with Crippen molar-refractivity contribution in [3.63, 3.8) is 0 Å². The highest BCUT2D eigenvalue weighted by Gasteiger charge is 2.19. The van der Waals surface area contributed by atoms with Crippen LogP contribution in [0.1, 0.15) is 22.8 Å². The molecule has 0 aliphatic rings. The zero-order chi connectivity index (χ0) is 20.5. The second kappa shape index (κ2) is 10.4. The van der Waals surface area contributed by atoms with Gasteiger partial charge in [0.05, 0.1) is 30.6 Å². The first-order valence-corrected chi connectivity index (χ1v) is 8.90. The molecule has 2 aromatic rings. The summed E-state index contributed by atoms with van der Waals surface area (Å²) in [6, 6.07) is 13.8. The maximum absolute atomic E-state index is 12.2. The Hall–Kier alpha value is -2.92. The first-order chi connectivity index (χ1) is 13.4. The normalized spacial score (nSPS) is 11.4. The number of nitrogens with one attached hydrogen (secondary N) is 2. The van der Waals surface area contributed by atoms with Gasteiger partial charge in [-0.05, 0) is 30.7 Å². The van der Waals surface area contributed by atoms with Crippen molar-refractivity contribution in [3.05, 3.63) is 64.2 Å². The van der Waals surface area contributed by atoms with Crippen molar-refractivity contribution in [2.75, 3.05) is 25.1 Å². The van der Waals surface area contributed by atoms with E-state index in [4.69, 9.17) is 26.7 Å². The minimum Gasteiger partial charge on any atom is -0.394 e. The van der Waals surface area contributed by atoms with E-state index in [1.165, 1.54) is 18.2 Å². The molecule has 2 aromatic carbocycles. The Bertz CT molecular complexity index is 878. The molecule has 0 bridgehead atoms. The predicted octanol–water partition coefficient (Wildman–Crippen LogP) is 2.33. The van der Waals surface area contributed by atoms with Gasteiger partial charge in [-0.2, -0.15) is 5.26 Å². The van der Waals surface area contributed by atoms with Crippen LogP contribution >= 0.6 is 11.6 Å². The molecule has 2 amide bonds. The summed E-state index contributed by atoms with van der Waals surface area (Å²) in [5.41, 5.74) is 2.22. The number of halogens is 1. The Kier molecular flexibility index (Phi) is 7.96. The standard InChI is InChI=1S/C20H20ClN3O4/c1-13-2-4-14(5-3-13)18(28-9-8-25)12-23-19(26)20(27)24-17-10-16(21)7-6-15(17)11-22/h2-7,10,18,25H,8-9,12H2,1H3,(H,23,26)(H,24,27). The molecule has 146 valence electrons. The lowest BCUT2D eigenvalue weighted by Gasteiger charge is -2.19. The molecule has 28 heavy (non-hydrogen) atoms. The molecule has 0 saturated carbocycles. The van der Waals surface area contributed by atoms with E-state index < -0.39 is 17.9 Å². The summed E-state index contributed by atoms with van der Waals surface area (Å²) < 4.78 is 5.56. The monoisotopic (exact) mass is 401 g/mol. The third kappa shape index (κ3) is 6.06. The van der Waals surface area contributed by atoms with Gasteiger partial charge in [-0.15, -0.1) is 0 Å². The van der Waals surface area contributed by atoms with Gasteiger partial charge in [-0.3, -0.25) is 9.59 Å². The summed E-state index contributed by atoms with van der Waals surface area (Å²) in [5.74, 6) is -1.81. The van der Waals surface area contributed by atoms with Gasteiger partial charge in [0.15, 0.2) is 0 Å². The van der Waals surface area contributed by atoms with Crippen LogP contribution in [0.5, 0.6) is 0 Å². The Labute approximate surface area is 167 Å². The highest BCUT2D eigenvalue weighted by molar-refractivity contribution is 6.40. The topological polar surface area (TPSA) is 111 Å². The maximum atomic E-state index is 12.2. The molecule has 8 heteroatoms. The van der Waals surface area contributed by atoms with Gasteiger partial charge in [0.2, 0.25) is 0 Å². The smallest absolute Gasteiger partial charge is 0.313 e. The van der Waals surface area contributed by atoms with Crippen LogP contribution in [0.2, 0.25) is 5.02 Å². The quantitative estimate of drug-likeness (QED) is 0.616. The maximum Gasteiger partial charge on any atom is 0.313 e. The lowest BCUT2D eigenvalue weighted by Crippen LogP contribution is -2.38. The summed E-state index contributed by atoms with van der Waals surface area (Å²) in [5, 5.41) is 23.3. The lowest BCUT2D eigenvalue weighted by molar-refractivity contribution is -0.136. The van der Waals surface area contributed by atoms with E-state index >= 15 is 0 Å². The fraction of sp³-hybridized carbons (Fsp3) is 0.250. The van der Waals surface area contributed by atoms with E-state index in [0.717, 1.165) is 11.1 Å². The molecule has 2 rings (SSSR count). The molecule has 0 radical (unpaired) electrons. The number of carbonyl (C=O) groups is 2. The third-order valence-electron chi connectivity index (χ3n) is 3.86. The van der Waals surface area contributed by atoms with Gasteiger partial charge in [-0.25, -0.2) is 0 Å². The molecule has 0 heterocycles. The van der Waals surface area contributed by atoms with Crippen molar-refractivity contribution in [1.82, 2.24) is 5.32 Å². The molecule has 0 fully saturated rings. The first kappa shape index (κ1) is 21.4. The van der Waals surface area contributed by atoms with E-state index in [2.05, 4.69) is 10.6 Å². The van der Waals surface area contributed by atoms with Crippen molar-refractivity contribution in [1.29, 1.82) is 5.26 Å². The van der Waals surface area contributed by atoms with Gasteiger partial charge in [0.1, 0.15) is 6.07 Å². The largest absolute Gasteiger partial charge is 0.394 e. The number of carbonyl (C=O) groups excluding carboxylic acids is 2. The van der Waals surface area contributed by atoms with Crippen LogP contribution in [0.3, 0.4) is 0 Å². The fourth-order valence-electron chi connectivity index (χ4n) is 2.41. The Balaban J connectivity index is 2.01. The Morgan fingerprint density at radius 1 is 1.21 bits per heavy atom. The zero-order valence-corrected chi connectivity index (χ0v) is 16.0. The average Bonchev–Trinajstić information content (AvgIpc) is 2.69. The molecular formula is C20H20ClN3O4. The van der Waals surface area contributed by atoms with Crippen LogP contribution in [0, 0.1) is 18.3 Å². The zero-order valence-electron chi connectivity index (χ0n) is 15.2. The van der Waals surface area contributed by atoms with Gasteiger partial charge in [0.25, 0.3) is 0 Å². The first-order valence-electron chi connectivity index (χ1n) is 8.52. The molecule has 0 aromatic heterocycles. The van der Waals surface area contributed by atoms with Crippen molar-refractivity contribution in [2.45, 2.75) is 13.0 Å². The molecule has 0 aliphatic heterocycles. The molecule has 0 aliphatic carbocycles. The van der Waals surface area contributed by atoms with Crippen LogP contribution in [-0.4, -0.2) is 36.7 Å². The number of anilines is 1. The molecule has 1 atom stereocenters. The van der Waals surface area contributed by atoms with Crippen molar-refractivity contribution < 1.29 is 19.4 Å². The predicted molar refractivity (Wildman–Crippen MR) is 105 cm³/mol. The molecule has 7 nitrogen and oxygen atoms in total. The highest BCUT2D eigenvalue weighted by Crippen LogP contribution is 2.20. The summed E-state index contributed by atoms with van der Waals surface area (Å²) >= 11 is 5.87. The molecule has 3 N–H and O–H groups in total. The minimum absolute atomic E-state index is 0.0377. The Morgan fingerprint density at radius 2 is 1.93 bits per heavy atom. The number of aliphatic hydroxyl groups excluding tert-OH is 1. The number of amides is 2. The second-order valence-corrected chi connectivity index (χ2v) is 6.40. The summed E-state index contributed by atoms with van der Waals surface area (Å²) in [4.78, 5) is 24.3. The molecular weight excluding hydrogens is 382 g/mol. The highest BCUT2D eigenvalue weighted by atomic mass is 35.5. The van der Waals surface area contributed by atoms with Gasteiger partial charge >= 0.3 is 11.8 Å². The van der Waals surface area contributed by atoms with Crippen molar-refractivity contribution >= 4 is 29.1 Å². The lowest BCUT2D eigenvalue weighted by atomic mass is 10.1. The van der Waals surface area contributed by atoms with Crippen LogP contribution < -0.4 is 10.6 Å². The number of nitrogens with zero attached hydrogens (tertiary/aromatic N) is 1. The summed E-state index contributed by atoms with van der Waals surface area (Å²) in [6.07, 6.45) is -0.523. The van der Waals surface area contributed by atoms with Crippen LogP contribution in [0.25, 0.3) is 0 Å². The number of rotatable bonds is 7.